The molecule has 2 amide bonds. The summed E-state index contributed by atoms with van der Waals surface area (Å²) in [6, 6.07) is 0.274. The lowest BCUT2D eigenvalue weighted by molar-refractivity contribution is -0.153. The minimum Gasteiger partial charge on any atom is -0.340 e. The van der Waals surface area contributed by atoms with Gasteiger partial charge in [0.05, 0.1) is 6.54 Å². The van der Waals surface area contributed by atoms with E-state index in [4.69, 9.17) is 0 Å². The Bertz CT molecular complexity index is 374. The zero-order valence-corrected chi connectivity index (χ0v) is 12.1. The standard InChI is InChI=1S/C14H22N2O2S/c17-12-9-16(11-5-4-8-19-10-11)13(18)14(15-12)6-2-1-3-7-14/h11H,1-10H2,(H,15,17). The van der Waals surface area contributed by atoms with Gasteiger partial charge in [-0.25, -0.2) is 0 Å². The van der Waals surface area contributed by atoms with Crippen LogP contribution in [0.3, 0.4) is 0 Å². The fraction of sp³-hybridized carbons (Fsp3) is 0.857. The van der Waals surface area contributed by atoms with Crippen molar-refractivity contribution in [3.63, 3.8) is 0 Å². The Kier molecular flexibility index (Phi) is 3.74. The summed E-state index contributed by atoms with van der Waals surface area (Å²) < 4.78 is 0. The highest BCUT2D eigenvalue weighted by molar-refractivity contribution is 7.99. The Morgan fingerprint density at radius 2 is 1.95 bits per heavy atom. The Morgan fingerprint density at radius 3 is 2.63 bits per heavy atom. The minimum atomic E-state index is -0.560. The second-order valence-corrected chi connectivity index (χ2v) is 7.14. The van der Waals surface area contributed by atoms with Gasteiger partial charge < -0.3 is 10.2 Å². The number of nitrogens with one attached hydrogen (secondary N) is 1. The lowest BCUT2D eigenvalue weighted by Crippen LogP contribution is -2.69. The maximum Gasteiger partial charge on any atom is 0.249 e. The smallest absolute Gasteiger partial charge is 0.249 e. The van der Waals surface area contributed by atoms with Gasteiger partial charge in [-0.3, -0.25) is 9.59 Å². The summed E-state index contributed by atoms with van der Waals surface area (Å²) in [5, 5.41) is 3.01. The van der Waals surface area contributed by atoms with E-state index in [1.165, 1.54) is 12.2 Å². The molecule has 0 radical (unpaired) electrons. The first-order valence-corrected chi connectivity index (χ1v) is 8.57. The molecule has 2 saturated heterocycles. The molecule has 1 aliphatic carbocycles. The molecule has 0 aromatic heterocycles. The van der Waals surface area contributed by atoms with Gasteiger partial charge in [-0.15, -0.1) is 0 Å². The number of carbonyl (C=O) groups is 2. The van der Waals surface area contributed by atoms with Gasteiger partial charge in [0.2, 0.25) is 11.8 Å². The van der Waals surface area contributed by atoms with E-state index in [2.05, 4.69) is 5.32 Å². The fourth-order valence-electron chi connectivity index (χ4n) is 3.62. The van der Waals surface area contributed by atoms with Crippen molar-refractivity contribution >= 4 is 23.6 Å². The summed E-state index contributed by atoms with van der Waals surface area (Å²) in [5.41, 5.74) is -0.560. The molecule has 2 aliphatic heterocycles. The summed E-state index contributed by atoms with van der Waals surface area (Å²) >= 11 is 1.91. The van der Waals surface area contributed by atoms with Gasteiger partial charge in [0, 0.05) is 11.8 Å². The predicted molar refractivity (Wildman–Crippen MR) is 76.0 cm³/mol. The second kappa shape index (κ2) is 5.35. The molecule has 19 heavy (non-hydrogen) atoms. The maximum atomic E-state index is 12.8. The largest absolute Gasteiger partial charge is 0.340 e. The first-order chi connectivity index (χ1) is 9.21. The second-order valence-electron chi connectivity index (χ2n) is 5.99. The number of thioether (sulfide) groups is 1. The zero-order valence-electron chi connectivity index (χ0n) is 11.3. The molecule has 3 aliphatic rings. The molecule has 0 aromatic rings. The highest BCUT2D eigenvalue weighted by Crippen LogP contribution is 2.34. The summed E-state index contributed by atoms with van der Waals surface area (Å²) in [5.74, 6) is 2.42. The molecule has 0 aromatic carbocycles. The normalized spacial score (nSPS) is 31.4. The molecule has 3 rings (SSSR count). The van der Waals surface area contributed by atoms with Crippen LogP contribution in [0.25, 0.3) is 0 Å². The van der Waals surface area contributed by atoms with Crippen molar-refractivity contribution in [3.8, 4) is 0 Å². The zero-order chi connectivity index (χ0) is 13.3. The van der Waals surface area contributed by atoms with Gasteiger partial charge in [-0.1, -0.05) is 19.3 Å². The number of rotatable bonds is 1. The molecule has 1 N–H and O–H groups in total. The number of nitrogens with zero attached hydrogens (tertiary/aromatic N) is 1. The average molecular weight is 282 g/mol. The molecule has 106 valence electrons. The highest BCUT2D eigenvalue weighted by Gasteiger charge is 2.48. The monoisotopic (exact) mass is 282 g/mol. The van der Waals surface area contributed by atoms with Crippen LogP contribution in [-0.4, -0.2) is 46.3 Å². The topological polar surface area (TPSA) is 49.4 Å². The molecule has 1 unspecified atom stereocenters. The average Bonchev–Trinajstić information content (AvgIpc) is 2.45. The quantitative estimate of drug-likeness (QED) is 0.794. The fourth-order valence-corrected chi connectivity index (χ4v) is 4.78. The van der Waals surface area contributed by atoms with E-state index in [-0.39, 0.29) is 24.4 Å². The lowest BCUT2D eigenvalue weighted by Gasteiger charge is -2.47. The van der Waals surface area contributed by atoms with Gasteiger partial charge in [0.15, 0.2) is 0 Å². The van der Waals surface area contributed by atoms with E-state index < -0.39 is 5.54 Å². The minimum absolute atomic E-state index is 0.0390. The first kappa shape index (κ1) is 13.3. The van der Waals surface area contributed by atoms with Gasteiger partial charge >= 0.3 is 0 Å². The highest BCUT2D eigenvalue weighted by atomic mass is 32.2. The van der Waals surface area contributed by atoms with Crippen LogP contribution in [0.15, 0.2) is 0 Å². The van der Waals surface area contributed by atoms with Crippen LogP contribution in [-0.2, 0) is 9.59 Å². The molecule has 0 bridgehead atoms. The van der Waals surface area contributed by atoms with Crippen molar-refractivity contribution in [2.24, 2.45) is 0 Å². The molecule has 3 fully saturated rings. The number of hydrogen-bond acceptors (Lipinski definition) is 3. The van der Waals surface area contributed by atoms with Crippen molar-refractivity contribution < 1.29 is 9.59 Å². The first-order valence-electron chi connectivity index (χ1n) is 7.41. The van der Waals surface area contributed by atoms with Crippen LogP contribution in [0.4, 0.5) is 0 Å². The third-order valence-electron chi connectivity index (χ3n) is 4.65. The van der Waals surface area contributed by atoms with Crippen LogP contribution in [0.1, 0.15) is 44.9 Å². The van der Waals surface area contributed by atoms with E-state index in [9.17, 15) is 9.59 Å². The summed E-state index contributed by atoms with van der Waals surface area (Å²) in [6.45, 7) is 0.270. The molecule has 1 saturated carbocycles. The predicted octanol–water partition coefficient (Wildman–Crippen LogP) is 1.54. The number of piperazine rings is 1. The Balaban J connectivity index is 1.80. The van der Waals surface area contributed by atoms with E-state index in [1.807, 2.05) is 16.7 Å². The Labute approximate surface area is 118 Å². The summed E-state index contributed by atoms with van der Waals surface area (Å²) in [4.78, 5) is 26.8. The number of amides is 2. The van der Waals surface area contributed by atoms with Crippen LogP contribution in [0.2, 0.25) is 0 Å². The molecule has 1 atom stereocenters. The molecular weight excluding hydrogens is 260 g/mol. The van der Waals surface area contributed by atoms with Gasteiger partial charge in [-0.2, -0.15) is 11.8 Å². The van der Waals surface area contributed by atoms with Crippen molar-refractivity contribution in [3.05, 3.63) is 0 Å². The third kappa shape index (κ3) is 2.49. The lowest BCUT2D eigenvalue weighted by atomic mass is 9.79. The SMILES string of the molecule is O=C1CN(C2CCCSC2)C(=O)C2(CCCCC2)N1. The van der Waals surface area contributed by atoms with Crippen LogP contribution < -0.4 is 5.32 Å². The van der Waals surface area contributed by atoms with Crippen molar-refractivity contribution in [2.75, 3.05) is 18.1 Å². The van der Waals surface area contributed by atoms with Crippen molar-refractivity contribution in [2.45, 2.75) is 56.5 Å². The van der Waals surface area contributed by atoms with Crippen LogP contribution >= 0.6 is 11.8 Å². The van der Waals surface area contributed by atoms with Crippen LogP contribution in [0.5, 0.6) is 0 Å². The molecular formula is C14H22N2O2S. The van der Waals surface area contributed by atoms with Gasteiger partial charge in [-0.05, 0) is 31.4 Å². The third-order valence-corrected chi connectivity index (χ3v) is 5.84. The molecule has 5 heteroatoms. The maximum absolute atomic E-state index is 12.8. The van der Waals surface area contributed by atoms with Crippen LogP contribution in [0, 0.1) is 0 Å². The molecule has 2 heterocycles. The molecule has 4 nitrogen and oxygen atoms in total. The number of hydrogen-bond donors (Lipinski definition) is 1. The van der Waals surface area contributed by atoms with E-state index in [0.29, 0.717) is 0 Å². The van der Waals surface area contributed by atoms with Gasteiger partial charge in [0.1, 0.15) is 5.54 Å². The summed E-state index contributed by atoms with van der Waals surface area (Å²) in [7, 11) is 0. The summed E-state index contributed by atoms with van der Waals surface area (Å²) in [6.07, 6.45) is 7.17. The van der Waals surface area contributed by atoms with Crippen molar-refractivity contribution in [1.82, 2.24) is 10.2 Å². The van der Waals surface area contributed by atoms with Gasteiger partial charge in [0.25, 0.3) is 0 Å². The van der Waals surface area contributed by atoms with E-state index >= 15 is 0 Å². The van der Waals surface area contributed by atoms with E-state index in [1.54, 1.807) is 0 Å². The number of carbonyl (C=O) groups excluding carboxylic acids is 2. The molecule has 1 spiro atoms. The van der Waals surface area contributed by atoms with Crippen molar-refractivity contribution in [1.29, 1.82) is 0 Å². The Morgan fingerprint density at radius 1 is 1.16 bits per heavy atom. The Hall–Kier alpha value is -0.710. The van der Waals surface area contributed by atoms with E-state index in [0.717, 1.165) is 44.3 Å².